The Morgan fingerprint density at radius 1 is 1.03 bits per heavy atom. The lowest BCUT2D eigenvalue weighted by atomic mass is 9.94. The number of benzene rings is 3. The molecule has 0 bridgehead atoms. The molecule has 0 spiro atoms. The summed E-state index contributed by atoms with van der Waals surface area (Å²) in [4.78, 5) is 27.7. The number of nitrogens with zero attached hydrogens (tertiary/aromatic N) is 1. The van der Waals surface area contributed by atoms with Gasteiger partial charge >= 0.3 is 0 Å². The van der Waals surface area contributed by atoms with Crippen LogP contribution in [0.1, 0.15) is 35.2 Å². The van der Waals surface area contributed by atoms with Crippen LogP contribution in [0, 0.1) is 0 Å². The predicted octanol–water partition coefficient (Wildman–Crippen LogP) is 4.34. The molecular formula is C27H23NO5. The van der Waals surface area contributed by atoms with Crippen LogP contribution in [0.2, 0.25) is 0 Å². The Morgan fingerprint density at radius 3 is 2.58 bits per heavy atom. The lowest BCUT2D eigenvalue weighted by Crippen LogP contribution is -2.29. The molecule has 3 aromatic carbocycles. The van der Waals surface area contributed by atoms with E-state index in [2.05, 4.69) is 0 Å². The Balaban J connectivity index is 1.64. The molecule has 5 rings (SSSR count). The van der Waals surface area contributed by atoms with Crippen molar-refractivity contribution in [2.75, 3.05) is 0 Å². The summed E-state index contributed by atoms with van der Waals surface area (Å²) in [6, 6.07) is 20.2. The van der Waals surface area contributed by atoms with Gasteiger partial charge in [0.1, 0.15) is 23.4 Å². The molecule has 2 aliphatic rings. The molecule has 166 valence electrons. The Morgan fingerprint density at radius 2 is 1.82 bits per heavy atom. The number of ether oxygens (including phenoxy) is 1. The molecule has 1 saturated heterocycles. The number of carbonyl (C=O) groups is 2. The molecule has 0 aliphatic carbocycles. The Bertz CT molecular complexity index is 1280. The first kappa shape index (κ1) is 20.8. The lowest BCUT2D eigenvalue weighted by molar-refractivity contribution is -0.140. The molecule has 33 heavy (non-hydrogen) atoms. The van der Waals surface area contributed by atoms with E-state index in [0.717, 1.165) is 16.9 Å². The van der Waals surface area contributed by atoms with Crippen LogP contribution in [0.5, 0.6) is 11.5 Å². The maximum Gasteiger partial charge on any atom is 0.295 e. The second-order valence-corrected chi connectivity index (χ2v) is 8.46. The van der Waals surface area contributed by atoms with E-state index in [1.165, 1.54) is 17.0 Å². The van der Waals surface area contributed by atoms with Gasteiger partial charge in [-0.3, -0.25) is 9.59 Å². The third-order valence-corrected chi connectivity index (χ3v) is 6.09. The minimum absolute atomic E-state index is 0.00782. The minimum Gasteiger partial charge on any atom is -0.508 e. The van der Waals surface area contributed by atoms with Gasteiger partial charge in [0, 0.05) is 18.5 Å². The molecule has 6 nitrogen and oxygen atoms in total. The van der Waals surface area contributed by atoms with Crippen molar-refractivity contribution in [1.82, 2.24) is 4.90 Å². The number of likely N-dealkylation sites (tertiary alicyclic amines) is 1. The molecule has 3 aromatic rings. The Hall–Kier alpha value is -4.06. The van der Waals surface area contributed by atoms with E-state index >= 15 is 0 Å². The fourth-order valence-electron chi connectivity index (χ4n) is 4.59. The quantitative estimate of drug-likeness (QED) is 0.357. The van der Waals surface area contributed by atoms with Gasteiger partial charge in [-0.15, -0.1) is 0 Å². The normalized spacial score (nSPS) is 21.2. The van der Waals surface area contributed by atoms with Crippen molar-refractivity contribution in [3.05, 3.63) is 101 Å². The van der Waals surface area contributed by atoms with Crippen molar-refractivity contribution >= 4 is 17.4 Å². The topological polar surface area (TPSA) is 87.1 Å². The SMILES string of the molecule is C[C@H]1Cc2cc(/C(O)=C3\C(=O)C(=O)N(Cc4ccccc4)[C@@H]3c3cccc(O)c3)ccc2O1. The van der Waals surface area contributed by atoms with Gasteiger partial charge in [0.25, 0.3) is 11.7 Å². The van der Waals surface area contributed by atoms with Crippen LogP contribution in [-0.4, -0.2) is 32.9 Å². The van der Waals surface area contributed by atoms with Crippen LogP contribution in [0.25, 0.3) is 5.76 Å². The van der Waals surface area contributed by atoms with E-state index in [1.54, 1.807) is 30.3 Å². The summed E-state index contributed by atoms with van der Waals surface area (Å²) in [5, 5.41) is 21.3. The zero-order valence-electron chi connectivity index (χ0n) is 18.1. The zero-order valence-corrected chi connectivity index (χ0v) is 18.1. The first-order valence-corrected chi connectivity index (χ1v) is 10.8. The summed E-state index contributed by atoms with van der Waals surface area (Å²) in [5.41, 5.74) is 2.81. The minimum atomic E-state index is -0.833. The zero-order chi connectivity index (χ0) is 23.1. The molecule has 0 saturated carbocycles. The number of amides is 1. The number of aliphatic hydroxyl groups is 1. The first-order chi connectivity index (χ1) is 15.9. The van der Waals surface area contributed by atoms with E-state index in [1.807, 2.05) is 37.3 Å². The summed E-state index contributed by atoms with van der Waals surface area (Å²) in [6.07, 6.45) is 0.746. The second-order valence-electron chi connectivity index (χ2n) is 8.46. The summed E-state index contributed by atoms with van der Waals surface area (Å²) in [6.45, 7) is 2.16. The van der Waals surface area contributed by atoms with Crippen LogP contribution in [0.3, 0.4) is 0 Å². The Kier molecular flexibility index (Phi) is 5.13. The number of ketones is 1. The maximum absolute atomic E-state index is 13.2. The summed E-state index contributed by atoms with van der Waals surface area (Å²) < 4.78 is 5.74. The standard InChI is InChI=1S/C27H23NO5/c1-16-12-20-13-19(10-11-22(20)33-16)25(30)23-24(18-8-5-9-21(29)14-18)28(27(32)26(23)31)15-17-6-3-2-4-7-17/h2-11,13-14,16,24,29-30H,12,15H2,1H3/b25-23+/t16-,24+/m0/s1. The number of rotatable bonds is 4. The molecule has 2 aliphatic heterocycles. The number of hydrogen-bond acceptors (Lipinski definition) is 5. The fourth-order valence-corrected chi connectivity index (χ4v) is 4.59. The van der Waals surface area contributed by atoms with Gasteiger partial charge in [0.15, 0.2) is 0 Å². The van der Waals surface area contributed by atoms with E-state index < -0.39 is 17.7 Å². The molecule has 0 radical (unpaired) electrons. The smallest absolute Gasteiger partial charge is 0.295 e. The maximum atomic E-state index is 13.2. The second kappa shape index (κ2) is 8.13. The molecule has 2 heterocycles. The summed E-state index contributed by atoms with van der Waals surface area (Å²) in [5.74, 6) is -0.900. The van der Waals surface area contributed by atoms with Gasteiger partial charge in [-0.1, -0.05) is 42.5 Å². The third kappa shape index (κ3) is 3.74. The molecular weight excluding hydrogens is 418 g/mol. The number of carbonyl (C=O) groups excluding carboxylic acids is 2. The van der Waals surface area contributed by atoms with Gasteiger partial charge in [-0.05, 0) is 53.9 Å². The van der Waals surface area contributed by atoms with Crippen LogP contribution in [0.15, 0.2) is 78.4 Å². The monoisotopic (exact) mass is 441 g/mol. The third-order valence-electron chi connectivity index (χ3n) is 6.09. The first-order valence-electron chi connectivity index (χ1n) is 10.8. The average Bonchev–Trinajstić information content (AvgIpc) is 3.30. The van der Waals surface area contributed by atoms with E-state index in [9.17, 15) is 19.8 Å². The summed E-state index contributed by atoms with van der Waals surface area (Å²) >= 11 is 0. The van der Waals surface area contributed by atoms with Crippen molar-refractivity contribution < 1.29 is 24.5 Å². The van der Waals surface area contributed by atoms with Crippen molar-refractivity contribution in [3.63, 3.8) is 0 Å². The van der Waals surface area contributed by atoms with Crippen LogP contribution in [-0.2, 0) is 22.6 Å². The molecule has 0 aromatic heterocycles. The van der Waals surface area contributed by atoms with Gasteiger partial charge in [-0.2, -0.15) is 0 Å². The molecule has 1 amide bonds. The molecule has 1 fully saturated rings. The van der Waals surface area contributed by atoms with E-state index in [-0.39, 0.29) is 29.7 Å². The Labute approximate surface area is 191 Å². The highest BCUT2D eigenvalue weighted by Crippen LogP contribution is 2.42. The highest BCUT2D eigenvalue weighted by molar-refractivity contribution is 6.46. The van der Waals surface area contributed by atoms with Crippen LogP contribution in [0.4, 0.5) is 0 Å². The number of aliphatic hydroxyl groups excluding tert-OH is 1. The lowest BCUT2D eigenvalue weighted by Gasteiger charge is -2.25. The molecule has 2 atom stereocenters. The number of hydrogen-bond donors (Lipinski definition) is 2. The fraction of sp³-hybridized carbons (Fsp3) is 0.185. The summed E-state index contributed by atoms with van der Waals surface area (Å²) in [7, 11) is 0. The van der Waals surface area contributed by atoms with Crippen LogP contribution < -0.4 is 4.74 Å². The number of phenolic OH excluding ortho intramolecular Hbond substituents is 1. The number of Topliss-reactive ketones (excluding diaryl/α,β-unsaturated/α-hetero) is 1. The van der Waals surface area contributed by atoms with Gasteiger partial charge in [0.05, 0.1) is 11.6 Å². The van der Waals surface area contributed by atoms with Gasteiger partial charge in [-0.25, -0.2) is 0 Å². The van der Waals surface area contributed by atoms with Gasteiger partial charge in [0.2, 0.25) is 0 Å². The highest BCUT2D eigenvalue weighted by Gasteiger charge is 2.46. The van der Waals surface area contributed by atoms with Crippen molar-refractivity contribution in [1.29, 1.82) is 0 Å². The van der Waals surface area contributed by atoms with E-state index in [0.29, 0.717) is 17.5 Å². The number of fused-ring (bicyclic) bond motifs is 1. The molecule has 6 heteroatoms. The van der Waals surface area contributed by atoms with Crippen LogP contribution >= 0.6 is 0 Å². The molecule has 2 N–H and O–H groups in total. The highest BCUT2D eigenvalue weighted by atomic mass is 16.5. The van der Waals surface area contributed by atoms with Gasteiger partial charge < -0.3 is 19.8 Å². The number of phenols is 1. The predicted molar refractivity (Wildman–Crippen MR) is 123 cm³/mol. The van der Waals surface area contributed by atoms with Crippen molar-refractivity contribution in [3.8, 4) is 11.5 Å². The van der Waals surface area contributed by atoms with Crippen molar-refractivity contribution in [2.24, 2.45) is 0 Å². The largest absolute Gasteiger partial charge is 0.508 e. The molecule has 0 unspecified atom stereocenters. The average molecular weight is 441 g/mol. The number of aromatic hydroxyl groups is 1. The van der Waals surface area contributed by atoms with Crippen molar-refractivity contribution in [2.45, 2.75) is 32.0 Å². The van der Waals surface area contributed by atoms with E-state index in [4.69, 9.17) is 4.74 Å².